The summed E-state index contributed by atoms with van der Waals surface area (Å²) >= 11 is 0. The lowest BCUT2D eigenvalue weighted by Crippen LogP contribution is -1.96. The van der Waals surface area contributed by atoms with Gasteiger partial charge in [-0.25, -0.2) is 0 Å². The van der Waals surface area contributed by atoms with Gasteiger partial charge in [0.2, 0.25) is 0 Å². The summed E-state index contributed by atoms with van der Waals surface area (Å²) in [6.45, 7) is 9.16. The highest BCUT2D eigenvalue weighted by molar-refractivity contribution is 5.97. The average Bonchev–Trinajstić information content (AvgIpc) is 2.03. The van der Waals surface area contributed by atoms with E-state index in [2.05, 4.69) is 6.58 Å². The third kappa shape index (κ3) is 2.87. The fourth-order valence-electron chi connectivity index (χ4n) is 1.10. The number of ketones is 1. The van der Waals surface area contributed by atoms with Crippen molar-refractivity contribution < 1.29 is 4.79 Å². The molecule has 0 bridgehead atoms. The highest BCUT2D eigenvalue weighted by atomic mass is 16.1. The lowest BCUT2D eigenvalue weighted by molar-refractivity contribution is -0.113. The van der Waals surface area contributed by atoms with Crippen LogP contribution in [0.15, 0.2) is 36.0 Å². The molecule has 0 aromatic rings. The van der Waals surface area contributed by atoms with E-state index in [1.807, 2.05) is 26.0 Å². The minimum atomic E-state index is 0.0833. The van der Waals surface area contributed by atoms with E-state index in [-0.39, 0.29) is 5.78 Å². The van der Waals surface area contributed by atoms with Crippen LogP contribution in [0.3, 0.4) is 0 Å². The van der Waals surface area contributed by atoms with Crippen LogP contribution in [0.1, 0.15) is 27.2 Å². The first-order valence-electron chi connectivity index (χ1n) is 4.16. The van der Waals surface area contributed by atoms with Gasteiger partial charge >= 0.3 is 0 Å². The molecule has 0 aliphatic heterocycles. The van der Waals surface area contributed by atoms with Crippen LogP contribution in [0, 0.1) is 0 Å². The van der Waals surface area contributed by atoms with Crippen LogP contribution in [0.5, 0.6) is 0 Å². The summed E-state index contributed by atoms with van der Waals surface area (Å²) in [6.07, 6.45) is 6.39. The number of rotatable bonds is 4. The third-order valence-corrected chi connectivity index (χ3v) is 1.68. The highest BCUT2D eigenvalue weighted by Gasteiger charge is 2.02. The Morgan fingerprint density at radius 2 is 2.08 bits per heavy atom. The smallest absolute Gasteiger partial charge is 0.160 e. The molecule has 0 fully saturated rings. The van der Waals surface area contributed by atoms with Crippen LogP contribution in [0.4, 0.5) is 0 Å². The van der Waals surface area contributed by atoms with E-state index in [1.54, 1.807) is 13.0 Å². The molecule has 0 saturated carbocycles. The summed E-state index contributed by atoms with van der Waals surface area (Å²) < 4.78 is 0. The number of Topliss-reactive ketones (excluding diaryl/α,β-unsaturated/α-hetero) is 1. The Morgan fingerprint density at radius 3 is 2.33 bits per heavy atom. The average molecular weight is 164 g/mol. The van der Waals surface area contributed by atoms with Gasteiger partial charge in [0.15, 0.2) is 5.78 Å². The van der Waals surface area contributed by atoms with Crippen molar-refractivity contribution in [1.82, 2.24) is 0 Å². The van der Waals surface area contributed by atoms with E-state index in [9.17, 15) is 4.79 Å². The fourth-order valence-corrected chi connectivity index (χ4v) is 1.10. The molecular weight excluding hydrogens is 148 g/mol. The van der Waals surface area contributed by atoms with Crippen molar-refractivity contribution in [2.24, 2.45) is 0 Å². The molecule has 0 atom stereocenters. The van der Waals surface area contributed by atoms with Crippen LogP contribution in [0.25, 0.3) is 0 Å². The summed E-state index contributed by atoms with van der Waals surface area (Å²) in [4.78, 5) is 11.1. The largest absolute Gasteiger partial charge is 0.295 e. The van der Waals surface area contributed by atoms with Gasteiger partial charge in [-0.1, -0.05) is 31.7 Å². The SMILES string of the molecule is C=C/C(C(C)=O)=C(\C=C/C)CC. The zero-order valence-electron chi connectivity index (χ0n) is 8.05. The minimum Gasteiger partial charge on any atom is -0.295 e. The Bertz CT molecular complexity index is 231. The summed E-state index contributed by atoms with van der Waals surface area (Å²) in [7, 11) is 0. The first kappa shape index (κ1) is 10.9. The Morgan fingerprint density at radius 1 is 1.50 bits per heavy atom. The zero-order chi connectivity index (χ0) is 9.56. The number of hydrogen-bond donors (Lipinski definition) is 0. The van der Waals surface area contributed by atoms with Gasteiger partial charge in [-0.15, -0.1) is 0 Å². The zero-order valence-corrected chi connectivity index (χ0v) is 8.05. The molecule has 66 valence electrons. The van der Waals surface area contributed by atoms with Crippen LogP contribution in [-0.4, -0.2) is 5.78 Å². The van der Waals surface area contributed by atoms with Gasteiger partial charge < -0.3 is 0 Å². The molecule has 0 heterocycles. The normalized spacial score (nSPS) is 12.9. The van der Waals surface area contributed by atoms with Gasteiger partial charge in [-0.05, 0) is 25.8 Å². The second kappa shape index (κ2) is 5.53. The summed E-state index contributed by atoms with van der Waals surface area (Å²) in [6, 6.07) is 0. The third-order valence-electron chi connectivity index (χ3n) is 1.68. The molecule has 0 N–H and O–H groups in total. The predicted molar refractivity (Wildman–Crippen MR) is 53.0 cm³/mol. The molecule has 0 aromatic carbocycles. The molecule has 0 spiro atoms. The van der Waals surface area contributed by atoms with Crippen LogP contribution in [-0.2, 0) is 4.79 Å². The summed E-state index contributed by atoms with van der Waals surface area (Å²) in [5.74, 6) is 0.0833. The fraction of sp³-hybridized carbons (Fsp3) is 0.364. The molecule has 0 amide bonds. The van der Waals surface area contributed by atoms with E-state index in [0.717, 1.165) is 17.6 Å². The van der Waals surface area contributed by atoms with Crippen molar-refractivity contribution in [2.75, 3.05) is 0 Å². The maximum Gasteiger partial charge on any atom is 0.160 e. The topological polar surface area (TPSA) is 17.1 Å². The van der Waals surface area contributed by atoms with Crippen LogP contribution >= 0.6 is 0 Å². The van der Waals surface area contributed by atoms with Crippen LogP contribution in [0.2, 0.25) is 0 Å². The summed E-state index contributed by atoms with van der Waals surface area (Å²) in [5.41, 5.74) is 1.79. The number of allylic oxidation sites excluding steroid dienone is 5. The molecule has 0 aromatic heterocycles. The number of carbonyl (C=O) groups excluding carboxylic acids is 1. The van der Waals surface area contributed by atoms with Crippen molar-refractivity contribution in [3.8, 4) is 0 Å². The second-order valence-corrected chi connectivity index (χ2v) is 2.55. The van der Waals surface area contributed by atoms with Crippen molar-refractivity contribution in [3.05, 3.63) is 36.0 Å². The predicted octanol–water partition coefficient (Wildman–Crippen LogP) is 3.04. The van der Waals surface area contributed by atoms with Gasteiger partial charge in [0.25, 0.3) is 0 Å². The van der Waals surface area contributed by atoms with Gasteiger partial charge in [0, 0.05) is 5.57 Å². The molecular formula is C11H16O. The first-order chi connectivity index (χ1) is 5.67. The van der Waals surface area contributed by atoms with E-state index in [0.29, 0.717) is 0 Å². The van der Waals surface area contributed by atoms with E-state index in [1.165, 1.54) is 0 Å². The highest BCUT2D eigenvalue weighted by Crippen LogP contribution is 2.12. The van der Waals surface area contributed by atoms with Crippen molar-refractivity contribution in [1.29, 1.82) is 0 Å². The molecule has 0 aliphatic carbocycles. The molecule has 1 nitrogen and oxygen atoms in total. The standard InChI is InChI=1S/C11H16O/c1-5-8-10(6-2)11(7-3)9(4)12/h5,7-8H,3,6H2,1-2,4H3/b8-5-,11-10+. The number of carbonyl (C=O) groups is 1. The molecule has 0 radical (unpaired) electrons. The van der Waals surface area contributed by atoms with E-state index < -0.39 is 0 Å². The first-order valence-corrected chi connectivity index (χ1v) is 4.16. The van der Waals surface area contributed by atoms with Crippen molar-refractivity contribution in [2.45, 2.75) is 27.2 Å². The van der Waals surface area contributed by atoms with Gasteiger partial charge in [0.1, 0.15) is 0 Å². The molecule has 0 unspecified atom stereocenters. The van der Waals surface area contributed by atoms with Gasteiger partial charge in [-0.3, -0.25) is 4.79 Å². The second-order valence-electron chi connectivity index (χ2n) is 2.55. The molecule has 0 saturated heterocycles. The quantitative estimate of drug-likeness (QED) is 0.461. The Hall–Kier alpha value is -1.11. The van der Waals surface area contributed by atoms with Crippen molar-refractivity contribution >= 4 is 5.78 Å². The van der Waals surface area contributed by atoms with Crippen LogP contribution < -0.4 is 0 Å². The molecule has 0 aliphatic rings. The number of hydrogen-bond acceptors (Lipinski definition) is 1. The maximum atomic E-state index is 11.1. The molecule has 1 heteroatoms. The Kier molecular flexibility index (Phi) is 5.02. The minimum absolute atomic E-state index is 0.0833. The Labute approximate surface area is 74.5 Å². The lowest BCUT2D eigenvalue weighted by Gasteiger charge is -2.02. The maximum absolute atomic E-state index is 11.1. The van der Waals surface area contributed by atoms with Gasteiger partial charge in [-0.2, -0.15) is 0 Å². The van der Waals surface area contributed by atoms with E-state index in [4.69, 9.17) is 0 Å². The van der Waals surface area contributed by atoms with E-state index >= 15 is 0 Å². The van der Waals surface area contributed by atoms with Crippen molar-refractivity contribution in [3.63, 3.8) is 0 Å². The monoisotopic (exact) mass is 164 g/mol. The Balaban J connectivity index is 5.00. The molecule has 0 rings (SSSR count). The summed E-state index contributed by atoms with van der Waals surface area (Å²) in [5, 5.41) is 0. The molecule has 12 heavy (non-hydrogen) atoms. The van der Waals surface area contributed by atoms with Gasteiger partial charge in [0.05, 0.1) is 0 Å². The lowest BCUT2D eigenvalue weighted by atomic mass is 10.0.